The SMILES string of the molecule is CC(C)(C)n1ccc(C(=O)NCc2nc3ccc(-c4ccc5cnccc5c4)cc3[nH]2)c1. The van der Waals surface area contributed by atoms with Crippen LogP contribution >= 0.6 is 0 Å². The van der Waals surface area contributed by atoms with Gasteiger partial charge >= 0.3 is 0 Å². The predicted molar refractivity (Wildman–Crippen MR) is 127 cm³/mol. The summed E-state index contributed by atoms with van der Waals surface area (Å²) in [5.74, 6) is 0.616. The lowest BCUT2D eigenvalue weighted by molar-refractivity contribution is 0.0950. The van der Waals surface area contributed by atoms with Gasteiger partial charge in [0.15, 0.2) is 0 Å². The molecule has 0 fully saturated rings. The van der Waals surface area contributed by atoms with Gasteiger partial charge in [0.25, 0.3) is 5.91 Å². The molecule has 0 spiro atoms. The molecule has 5 rings (SSSR count). The maximum atomic E-state index is 12.5. The largest absolute Gasteiger partial charge is 0.348 e. The highest BCUT2D eigenvalue weighted by Gasteiger charge is 2.15. The first-order valence-electron chi connectivity index (χ1n) is 10.7. The number of pyridine rings is 1. The number of aromatic nitrogens is 4. The van der Waals surface area contributed by atoms with Gasteiger partial charge in [0, 0.05) is 35.7 Å². The number of nitrogens with zero attached hydrogens (tertiary/aromatic N) is 3. The molecule has 0 saturated heterocycles. The highest BCUT2D eigenvalue weighted by Crippen LogP contribution is 2.26. The molecule has 0 saturated carbocycles. The molecule has 32 heavy (non-hydrogen) atoms. The zero-order chi connectivity index (χ0) is 22.3. The van der Waals surface area contributed by atoms with Gasteiger partial charge in [-0.1, -0.05) is 18.2 Å². The normalized spacial score (nSPS) is 11.8. The minimum absolute atomic E-state index is 0.0586. The fourth-order valence-electron chi connectivity index (χ4n) is 3.80. The Morgan fingerprint density at radius 1 is 1.03 bits per heavy atom. The molecular weight excluding hydrogens is 398 g/mol. The van der Waals surface area contributed by atoms with Gasteiger partial charge in [-0.15, -0.1) is 0 Å². The zero-order valence-corrected chi connectivity index (χ0v) is 18.4. The molecule has 6 heteroatoms. The number of amides is 1. The van der Waals surface area contributed by atoms with Crippen molar-refractivity contribution in [3.63, 3.8) is 0 Å². The number of rotatable bonds is 4. The van der Waals surface area contributed by atoms with Crippen LogP contribution in [0.5, 0.6) is 0 Å². The number of imidazole rings is 1. The number of nitrogens with one attached hydrogen (secondary N) is 2. The minimum atomic E-state index is -0.111. The Morgan fingerprint density at radius 2 is 1.84 bits per heavy atom. The van der Waals surface area contributed by atoms with Crippen molar-refractivity contribution in [2.24, 2.45) is 0 Å². The molecule has 5 aromatic rings. The van der Waals surface area contributed by atoms with Crippen LogP contribution in [0.2, 0.25) is 0 Å². The van der Waals surface area contributed by atoms with E-state index in [1.165, 1.54) is 0 Å². The summed E-state index contributed by atoms with van der Waals surface area (Å²) in [4.78, 5) is 24.7. The first kappa shape index (κ1) is 20.0. The van der Waals surface area contributed by atoms with E-state index in [1.54, 1.807) is 0 Å². The third-order valence-electron chi connectivity index (χ3n) is 5.65. The molecular formula is C26H25N5O. The summed E-state index contributed by atoms with van der Waals surface area (Å²) in [7, 11) is 0. The lowest BCUT2D eigenvalue weighted by atomic mass is 10.0. The maximum Gasteiger partial charge on any atom is 0.253 e. The van der Waals surface area contributed by atoms with Crippen LogP contribution in [0.25, 0.3) is 32.9 Å². The lowest BCUT2D eigenvalue weighted by Gasteiger charge is -2.20. The third kappa shape index (κ3) is 3.87. The van der Waals surface area contributed by atoms with E-state index < -0.39 is 0 Å². The van der Waals surface area contributed by atoms with Gasteiger partial charge in [-0.2, -0.15) is 0 Å². The zero-order valence-electron chi connectivity index (χ0n) is 18.4. The Hall–Kier alpha value is -3.93. The van der Waals surface area contributed by atoms with Crippen molar-refractivity contribution in [1.82, 2.24) is 24.8 Å². The third-order valence-corrected chi connectivity index (χ3v) is 5.65. The lowest BCUT2D eigenvalue weighted by Crippen LogP contribution is -2.24. The molecule has 2 N–H and O–H groups in total. The van der Waals surface area contributed by atoms with Crippen LogP contribution in [-0.4, -0.2) is 25.4 Å². The summed E-state index contributed by atoms with van der Waals surface area (Å²) >= 11 is 0. The summed E-state index contributed by atoms with van der Waals surface area (Å²) in [5, 5.41) is 5.23. The number of carbonyl (C=O) groups excluding carboxylic acids is 1. The molecule has 0 aliphatic carbocycles. The molecule has 0 radical (unpaired) electrons. The fourth-order valence-corrected chi connectivity index (χ4v) is 3.80. The Balaban J connectivity index is 1.33. The predicted octanol–water partition coefficient (Wildman–Crippen LogP) is 5.26. The molecule has 0 bridgehead atoms. The second-order valence-electron chi connectivity index (χ2n) is 9.01. The van der Waals surface area contributed by atoms with Crippen molar-refractivity contribution in [2.75, 3.05) is 0 Å². The van der Waals surface area contributed by atoms with Gasteiger partial charge in [-0.05, 0) is 67.6 Å². The standard InChI is InChI=1S/C26H25N5O/c1-26(2,3)31-11-9-21(16-31)25(32)28-15-24-29-22-7-6-18(13-23(22)30-24)17-4-5-20-14-27-10-8-19(20)12-17/h4-14,16H,15H2,1-3H3,(H,28,32)(H,29,30). The van der Waals surface area contributed by atoms with Gasteiger partial charge in [-0.25, -0.2) is 4.98 Å². The van der Waals surface area contributed by atoms with E-state index in [9.17, 15) is 4.79 Å². The smallest absolute Gasteiger partial charge is 0.253 e. The van der Waals surface area contributed by atoms with E-state index in [1.807, 2.05) is 47.6 Å². The van der Waals surface area contributed by atoms with Gasteiger partial charge in [0.2, 0.25) is 0 Å². The van der Waals surface area contributed by atoms with E-state index in [4.69, 9.17) is 0 Å². The molecule has 2 aromatic carbocycles. The molecule has 6 nitrogen and oxygen atoms in total. The van der Waals surface area contributed by atoms with Gasteiger partial charge in [-0.3, -0.25) is 9.78 Å². The number of benzene rings is 2. The highest BCUT2D eigenvalue weighted by molar-refractivity contribution is 5.94. The van der Waals surface area contributed by atoms with Crippen LogP contribution in [0.3, 0.4) is 0 Å². The van der Waals surface area contributed by atoms with E-state index in [0.29, 0.717) is 12.1 Å². The number of carbonyl (C=O) groups is 1. The second kappa shape index (κ2) is 7.64. The Morgan fingerprint density at radius 3 is 2.66 bits per heavy atom. The van der Waals surface area contributed by atoms with Gasteiger partial charge in [0.1, 0.15) is 5.82 Å². The number of aromatic amines is 1. The first-order chi connectivity index (χ1) is 15.4. The van der Waals surface area contributed by atoms with Crippen molar-refractivity contribution in [3.8, 4) is 11.1 Å². The molecule has 0 aliphatic heterocycles. The molecule has 3 aromatic heterocycles. The average Bonchev–Trinajstić information content (AvgIpc) is 3.44. The highest BCUT2D eigenvalue weighted by atomic mass is 16.1. The molecule has 0 atom stereocenters. The quantitative estimate of drug-likeness (QED) is 0.414. The summed E-state index contributed by atoms with van der Waals surface area (Å²) < 4.78 is 2.04. The van der Waals surface area contributed by atoms with E-state index in [2.05, 4.69) is 71.4 Å². The van der Waals surface area contributed by atoms with Gasteiger partial charge < -0.3 is 14.9 Å². The summed E-state index contributed by atoms with van der Waals surface area (Å²) in [6.45, 7) is 6.65. The number of fused-ring (bicyclic) bond motifs is 2. The molecule has 0 aliphatic rings. The second-order valence-corrected chi connectivity index (χ2v) is 9.01. The fraction of sp³-hybridized carbons (Fsp3) is 0.192. The van der Waals surface area contributed by atoms with Crippen molar-refractivity contribution < 1.29 is 4.79 Å². The molecule has 0 unspecified atom stereocenters. The van der Waals surface area contributed by atoms with E-state index in [-0.39, 0.29) is 11.4 Å². The molecule has 160 valence electrons. The Bertz CT molecular complexity index is 1440. The molecule has 3 heterocycles. The van der Waals surface area contributed by atoms with Crippen LogP contribution in [-0.2, 0) is 12.1 Å². The van der Waals surface area contributed by atoms with Crippen molar-refractivity contribution in [2.45, 2.75) is 32.9 Å². The number of H-pyrrole nitrogens is 1. The average molecular weight is 424 g/mol. The first-order valence-corrected chi connectivity index (χ1v) is 10.7. The van der Waals surface area contributed by atoms with E-state index >= 15 is 0 Å². The molecule has 1 amide bonds. The topological polar surface area (TPSA) is 75.6 Å². The van der Waals surface area contributed by atoms with Gasteiger partial charge in [0.05, 0.1) is 23.1 Å². The van der Waals surface area contributed by atoms with Crippen LogP contribution in [0.15, 0.2) is 73.3 Å². The van der Waals surface area contributed by atoms with Crippen LogP contribution in [0.4, 0.5) is 0 Å². The van der Waals surface area contributed by atoms with Crippen LogP contribution < -0.4 is 5.32 Å². The summed E-state index contributed by atoms with van der Waals surface area (Å²) in [6.07, 6.45) is 7.49. The summed E-state index contributed by atoms with van der Waals surface area (Å²) in [6, 6.07) is 16.4. The van der Waals surface area contributed by atoms with Crippen molar-refractivity contribution in [3.05, 3.63) is 84.7 Å². The van der Waals surface area contributed by atoms with Crippen LogP contribution in [0.1, 0.15) is 37.0 Å². The maximum absolute atomic E-state index is 12.5. The number of hydrogen-bond donors (Lipinski definition) is 2. The van der Waals surface area contributed by atoms with E-state index in [0.717, 1.165) is 38.8 Å². The minimum Gasteiger partial charge on any atom is -0.348 e. The Labute approximate surface area is 186 Å². The van der Waals surface area contributed by atoms with Crippen molar-refractivity contribution >= 4 is 27.7 Å². The van der Waals surface area contributed by atoms with Crippen molar-refractivity contribution in [1.29, 1.82) is 0 Å². The monoisotopic (exact) mass is 423 g/mol. The van der Waals surface area contributed by atoms with Crippen LogP contribution in [0, 0.1) is 0 Å². The Kier molecular flexibility index (Phi) is 4.78. The number of hydrogen-bond acceptors (Lipinski definition) is 3. The summed E-state index contributed by atoms with van der Waals surface area (Å²) in [5.41, 5.74) is 4.65.